The molecule has 1 heterocycles. The van der Waals surface area contributed by atoms with Crippen molar-refractivity contribution in [2.75, 3.05) is 0 Å². The van der Waals surface area contributed by atoms with Crippen LogP contribution in [0.5, 0.6) is 0 Å². The van der Waals surface area contributed by atoms with E-state index in [0.717, 1.165) is 5.56 Å². The van der Waals surface area contributed by atoms with Crippen molar-refractivity contribution in [1.29, 1.82) is 0 Å². The predicted octanol–water partition coefficient (Wildman–Crippen LogP) is 3.67. The summed E-state index contributed by atoms with van der Waals surface area (Å²) in [5.74, 6) is 0.351. The summed E-state index contributed by atoms with van der Waals surface area (Å²) in [5.41, 5.74) is 1.41. The van der Waals surface area contributed by atoms with E-state index in [1.807, 2.05) is 0 Å². The topological polar surface area (TPSA) is 25.8 Å². The molecule has 0 unspecified atom stereocenters. The molecule has 16 heavy (non-hydrogen) atoms. The van der Waals surface area contributed by atoms with Crippen LogP contribution in [0.1, 0.15) is 5.82 Å². The van der Waals surface area contributed by atoms with E-state index in [1.165, 1.54) is 12.1 Å². The molecule has 5 heteroatoms. The maximum atomic E-state index is 12.7. The van der Waals surface area contributed by atoms with Gasteiger partial charge in [0.15, 0.2) is 0 Å². The van der Waals surface area contributed by atoms with E-state index in [0.29, 0.717) is 16.7 Å². The minimum atomic E-state index is -0.290. The quantitative estimate of drug-likeness (QED) is 0.605. The fourth-order valence-corrected chi connectivity index (χ4v) is 1.61. The van der Waals surface area contributed by atoms with E-state index in [1.54, 1.807) is 18.2 Å². The molecule has 0 N–H and O–H groups in total. The van der Waals surface area contributed by atoms with Crippen molar-refractivity contribution in [3.63, 3.8) is 0 Å². The van der Waals surface area contributed by atoms with Crippen LogP contribution in [0.2, 0.25) is 5.15 Å². The van der Waals surface area contributed by atoms with Crippen LogP contribution in [-0.2, 0) is 5.88 Å². The van der Waals surface area contributed by atoms with Gasteiger partial charge in [0.25, 0.3) is 0 Å². The Balaban J connectivity index is 2.47. The highest BCUT2D eigenvalue weighted by atomic mass is 35.5. The van der Waals surface area contributed by atoms with Gasteiger partial charge in [-0.3, -0.25) is 0 Å². The van der Waals surface area contributed by atoms with Gasteiger partial charge in [0, 0.05) is 11.6 Å². The molecule has 0 aliphatic rings. The number of rotatable bonds is 2. The Morgan fingerprint density at radius 3 is 2.44 bits per heavy atom. The molecule has 0 bridgehead atoms. The summed E-state index contributed by atoms with van der Waals surface area (Å²) in [6.07, 6.45) is 0. The standard InChI is InChI=1S/C11H7Cl2FN2/c12-6-11-15-9(5-10(13)16-11)7-1-3-8(14)4-2-7/h1-5H,6H2. The zero-order valence-corrected chi connectivity index (χ0v) is 9.63. The summed E-state index contributed by atoms with van der Waals surface area (Å²) in [7, 11) is 0. The Morgan fingerprint density at radius 2 is 1.81 bits per heavy atom. The molecule has 0 aliphatic carbocycles. The van der Waals surface area contributed by atoms with E-state index in [4.69, 9.17) is 23.2 Å². The molecule has 2 aromatic rings. The van der Waals surface area contributed by atoms with Crippen molar-refractivity contribution >= 4 is 23.2 Å². The molecule has 0 atom stereocenters. The van der Waals surface area contributed by atoms with Crippen molar-refractivity contribution in [1.82, 2.24) is 9.97 Å². The van der Waals surface area contributed by atoms with Gasteiger partial charge in [-0.15, -0.1) is 11.6 Å². The Morgan fingerprint density at radius 1 is 1.12 bits per heavy atom. The lowest BCUT2D eigenvalue weighted by molar-refractivity contribution is 0.628. The molecular weight excluding hydrogens is 250 g/mol. The molecule has 1 aromatic heterocycles. The molecule has 0 amide bonds. The second-order valence-corrected chi connectivity index (χ2v) is 3.79. The van der Waals surface area contributed by atoms with Gasteiger partial charge in [-0.05, 0) is 24.3 Å². The maximum Gasteiger partial charge on any atom is 0.145 e. The molecule has 1 aromatic carbocycles. The molecule has 82 valence electrons. The first-order valence-corrected chi connectivity index (χ1v) is 5.45. The lowest BCUT2D eigenvalue weighted by Crippen LogP contribution is -1.94. The summed E-state index contributed by atoms with van der Waals surface area (Å²) in [5, 5.41) is 0.324. The van der Waals surface area contributed by atoms with Crippen LogP contribution in [-0.4, -0.2) is 9.97 Å². The second kappa shape index (κ2) is 4.76. The first-order chi connectivity index (χ1) is 7.69. The second-order valence-electron chi connectivity index (χ2n) is 3.13. The average Bonchev–Trinajstić information content (AvgIpc) is 2.29. The number of halogens is 3. The third-order valence-corrected chi connectivity index (χ3v) is 2.43. The molecule has 0 aliphatic heterocycles. The smallest absolute Gasteiger partial charge is 0.145 e. The van der Waals surface area contributed by atoms with Crippen LogP contribution < -0.4 is 0 Å². The fourth-order valence-electron chi connectivity index (χ4n) is 1.29. The zero-order valence-electron chi connectivity index (χ0n) is 8.12. The highest BCUT2D eigenvalue weighted by Crippen LogP contribution is 2.20. The largest absolute Gasteiger partial charge is 0.231 e. The highest BCUT2D eigenvalue weighted by molar-refractivity contribution is 6.29. The van der Waals surface area contributed by atoms with Crippen LogP contribution in [0.3, 0.4) is 0 Å². The summed E-state index contributed by atoms with van der Waals surface area (Å²) >= 11 is 11.5. The Bertz CT molecular complexity index is 500. The van der Waals surface area contributed by atoms with Crippen molar-refractivity contribution in [2.45, 2.75) is 5.88 Å². The third-order valence-electron chi connectivity index (χ3n) is 2.00. The SMILES string of the molecule is Fc1ccc(-c2cc(Cl)nc(CCl)n2)cc1. The van der Waals surface area contributed by atoms with Crippen LogP contribution >= 0.6 is 23.2 Å². The third kappa shape index (κ3) is 2.49. The average molecular weight is 257 g/mol. The molecular formula is C11H7Cl2FN2. The van der Waals surface area contributed by atoms with Gasteiger partial charge in [-0.25, -0.2) is 14.4 Å². The fraction of sp³-hybridized carbons (Fsp3) is 0.0909. The summed E-state index contributed by atoms with van der Waals surface area (Å²) < 4.78 is 12.7. The number of aromatic nitrogens is 2. The molecule has 0 saturated carbocycles. The van der Waals surface area contributed by atoms with Crippen LogP contribution in [0.4, 0.5) is 4.39 Å². The van der Waals surface area contributed by atoms with E-state index < -0.39 is 0 Å². The molecule has 0 fully saturated rings. The van der Waals surface area contributed by atoms with E-state index >= 15 is 0 Å². The lowest BCUT2D eigenvalue weighted by atomic mass is 10.1. The minimum absolute atomic E-state index is 0.189. The Labute approximate surface area is 102 Å². The predicted molar refractivity (Wildman–Crippen MR) is 62.0 cm³/mol. The minimum Gasteiger partial charge on any atom is -0.231 e. The van der Waals surface area contributed by atoms with Gasteiger partial charge in [0.2, 0.25) is 0 Å². The van der Waals surface area contributed by atoms with E-state index in [2.05, 4.69) is 9.97 Å². The van der Waals surface area contributed by atoms with Crippen LogP contribution in [0.15, 0.2) is 30.3 Å². The van der Waals surface area contributed by atoms with E-state index in [9.17, 15) is 4.39 Å². The molecule has 0 saturated heterocycles. The number of hydrogen-bond acceptors (Lipinski definition) is 2. The maximum absolute atomic E-state index is 12.7. The van der Waals surface area contributed by atoms with Gasteiger partial charge >= 0.3 is 0 Å². The van der Waals surface area contributed by atoms with E-state index in [-0.39, 0.29) is 11.7 Å². The van der Waals surface area contributed by atoms with Gasteiger partial charge in [-0.1, -0.05) is 11.6 Å². The Hall–Kier alpha value is -1.19. The molecule has 2 nitrogen and oxygen atoms in total. The number of alkyl halides is 1. The van der Waals surface area contributed by atoms with Crippen molar-refractivity contribution < 1.29 is 4.39 Å². The summed E-state index contributed by atoms with van der Waals surface area (Å²) in [6.45, 7) is 0. The summed E-state index contributed by atoms with van der Waals surface area (Å²) in [4.78, 5) is 8.15. The first kappa shape index (κ1) is 11.3. The first-order valence-electron chi connectivity index (χ1n) is 4.54. The van der Waals surface area contributed by atoms with Gasteiger partial charge in [0.05, 0.1) is 11.6 Å². The van der Waals surface area contributed by atoms with Crippen molar-refractivity contribution in [3.05, 3.63) is 47.1 Å². The highest BCUT2D eigenvalue weighted by Gasteiger charge is 2.05. The normalized spacial score (nSPS) is 10.4. The molecule has 0 radical (unpaired) electrons. The van der Waals surface area contributed by atoms with Crippen LogP contribution in [0, 0.1) is 5.82 Å². The Kier molecular flexibility index (Phi) is 3.36. The lowest BCUT2D eigenvalue weighted by Gasteiger charge is -2.03. The number of nitrogens with zero attached hydrogens (tertiary/aromatic N) is 2. The molecule has 2 rings (SSSR count). The monoisotopic (exact) mass is 256 g/mol. The summed E-state index contributed by atoms with van der Waals surface area (Å²) in [6, 6.07) is 7.61. The zero-order chi connectivity index (χ0) is 11.5. The number of benzene rings is 1. The molecule has 0 spiro atoms. The van der Waals surface area contributed by atoms with Gasteiger partial charge < -0.3 is 0 Å². The van der Waals surface area contributed by atoms with Crippen LogP contribution in [0.25, 0.3) is 11.3 Å². The van der Waals surface area contributed by atoms with Gasteiger partial charge in [0.1, 0.15) is 16.8 Å². The van der Waals surface area contributed by atoms with Crippen molar-refractivity contribution in [3.8, 4) is 11.3 Å². The van der Waals surface area contributed by atoms with Crippen molar-refractivity contribution in [2.24, 2.45) is 0 Å². The number of hydrogen-bond donors (Lipinski definition) is 0. The van der Waals surface area contributed by atoms with Gasteiger partial charge in [-0.2, -0.15) is 0 Å².